The third-order valence-corrected chi connectivity index (χ3v) is 6.70. The average molecular weight is 325 g/mol. The lowest BCUT2D eigenvalue weighted by Crippen LogP contribution is -2.56. The highest BCUT2D eigenvalue weighted by atomic mass is 16.6. The smallest absolute Gasteiger partial charge is 0.169 e. The average Bonchev–Trinajstić information content (AvgIpc) is 3.07. The van der Waals surface area contributed by atoms with E-state index in [2.05, 4.69) is 43.6 Å². The molecule has 4 aliphatic rings. The van der Waals surface area contributed by atoms with Crippen LogP contribution in [0.5, 0.6) is 11.5 Å². The summed E-state index contributed by atoms with van der Waals surface area (Å²) >= 11 is 0. The molecule has 126 valence electrons. The van der Waals surface area contributed by atoms with Gasteiger partial charge in [0.2, 0.25) is 0 Å². The number of ether oxygens (including phenoxy) is 3. The second kappa shape index (κ2) is 4.37. The number of rotatable bonds is 3. The molecule has 1 aliphatic heterocycles. The van der Waals surface area contributed by atoms with Gasteiger partial charge in [0.15, 0.2) is 17.6 Å². The molecular formula is C20H23NO3. The zero-order chi connectivity index (χ0) is 16.7. The van der Waals surface area contributed by atoms with E-state index in [1.165, 1.54) is 16.7 Å². The van der Waals surface area contributed by atoms with E-state index in [-0.39, 0.29) is 17.1 Å². The summed E-state index contributed by atoms with van der Waals surface area (Å²) in [6.07, 6.45) is 6.45. The van der Waals surface area contributed by atoms with Gasteiger partial charge in [-0.3, -0.25) is 0 Å². The Morgan fingerprint density at radius 1 is 1.17 bits per heavy atom. The van der Waals surface area contributed by atoms with Crippen LogP contribution in [0.25, 0.3) is 0 Å². The standard InChI is InChI=1S/C20H23NO3/c1-19(21-2)9-11-10-20-15(19)8-7-14(23-4)18(20)24-17-13(22-3)6-5-12(11)16(17)20/h5-8,11,18,21H,9-10H2,1-4H3. The second-order valence-corrected chi connectivity index (χ2v) is 7.57. The summed E-state index contributed by atoms with van der Waals surface area (Å²) in [7, 11) is 5.51. The molecule has 4 nitrogen and oxygen atoms in total. The van der Waals surface area contributed by atoms with Crippen LogP contribution < -0.4 is 14.8 Å². The van der Waals surface area contributed by atoms with Crippen LogP contribution in [0.1, 0.15) is 36.8 Å². The second-order valence-electron chi connectivity index (χ2n) is 7.57. The van der Waals surface area contributed by atoms with Crippen molar-refractivity contribution in [2.45, 2.75) is 42.7 Å². The van der Waals surface area contributed by atoms with Gasteiger partial charge in [0.25, 0.3) is 0 Å². The van der Waals surface area contributed by atoms with Crippen molar-refractivity contribution < 1.29 is 14.2 Å². The molecule has 0 radical (unpaired) electrons. The van der Waals surface area contributed by atoms with Gasteiger partial charge in [-0.25, -0.2) is 0 Å². The van der Waals surface area contributed by atoms with Crippen LogP contribution in [-0.2, 0) is 10.2 Å². The Labute approximate surface area is 142 Å². The molecular weight excluding hydrogens is 302 g/mol. The number of allylic oxidation sites excluding steroid dienone is 2. The first-order valence-corrected chi connectivity index (χ1v) is 8.63. The fraction of sp³-hybridized carbons (Fsp3) is 0.500. The van der Waals surface area contributed by atoms with Gasteiger partial charge in [-0.2, -0.15) is 0 Å². The zero-order valence-electron chi connectivity index (χ0n) is 14.6. The number of likely N-dealkylation sites (N-methyl/N-ethyl adjacent to an activating group) is 1. The van der Waals surface area contributed by atoms with Crippen molar-refractivity contribution in [1.29, 1.82) is 0 Å². The number of methoxy groups -OCH3 is 2. The maximum Gasteiger partial charge on any atom is 0.169 e. The molecule has 3 aliphatic carbocycles. The third kappa shape index (κ3) is 1.37. The number of fused-ring (bicyclic) bond motifs is 2. The Balaban J connectivity index is 1.85. The van der Waals surface area contributed by atoms with E-state index < -0.39 is 0 Å². The molecule has 1 aromatic carbocycles. The Morgan fingerprint density at radius 3 is 2.71 bits per heavy atom. The van der Waals surface area contributed by atoms with Gasteiger partial charge in [0, 0.05) is 11.1 Å². The van der Waals surface area contributed by atoms with Crippen LogP contribution in [0.3, 0.4) is 0 Å². The highest BCUT2D eigenvalue weighted by Crippen LogP contribution is 2.69. The van der Waals surface area contributed by atoms with Crippen molar-refractivity contribution in [3.63, 3.8) is 0 Å². The van der Waals surface area contributed by atoms with Crippen molar-refractivity contribution in [3.8, 4) is 11.5 Å². The minimum atomic E-state index is -0.125. The molecule has 1 spiro atoms. The molecule has 4 atom stereocenters. The SMILES string of the molecule is CNC1(C)CC2CC34C1=CC=C(OC)C3Oc1c(OC)ccc2c14. The minimum absolute atomic E-state index is 0.0336. The van der Waals surface area contributed by atoms with E-state index in [0.29, 0.717) is 5.92 Å². The summed E-state index contributed by atoms with van der Waals surface area (Å²) in [6, 6.07) is 4.30. The predicted octanol–water partition coefficient (Wildman–Crippen LogP) is 3.03. The minimum Gasteiger partial charge on any atom is -0.497 e. The number of hydrogen-bond donors (Lipinski definition) is 1. The largest absolute Gasteiger partial charge is 0.497 e. The lowest BCUT2D eigenvalue weighted by Gasteiger charge is -2.49. The highest BCUT2D eigenvalue weighted by molar-refractivity contribution is 5.70. The van der Waals surface area contributed by atoms with Gasteiger partial charge in [-0.05, 0) is 56.0 Å². The van der Waals surface area contributed by atoms with Crippen molar-refractivity contribution in [2.24, 2.45) is 0 Å². The summed E-state index contributed by atoms with van der Waals surface area (Å²) in [5.74, 6) is 3.19. The molecule has 24 heavy (non-hydrogen) atoms. The van der Waals surface area contributed by atoms with Gasteiger partial charge in [0.1, 0.15) is 5.76 Å². The van der Waals surface area contributed by atoms with Crippen LogP contribution in [-0.4, -0.2) is 32.9 Å². The molecule has 1 N–H and O–H groups in total. The first kappa shape index (κ1) is 14.4. The van der Waals surface area contributed by atoms with Crippen molar-refractivity contribution in [1.82, 2.24) is 5.32 Å². The van der Waals surface area contributed by atoms with Crippen LogP contribution >= 0.6 is 0 Å². The molecule has 1 saturated carbocycles. The maximum atomic E-state index is 6.48. The van der Waals surface area contributed by atoms with Crippen LogP contribution in [0, 0.1) is 0 Å². The molecule has 4 heteroatoms. The molecule has 1 aromatic rings. The molecule has 0 aromatic heterocycles. The monoisotopic (exact) mass is 325 g/mol. The van der Waals surface area contributed by atoms with Crippen LogP contribution in [0.4, 0.5) is 0 Å². The first-order valence-electron chi connectivity index (χ1n) is 8.63. The van der Waals surface area contributed by atoms with Crippen molar-refractivity contribution in [2.75, 3.05) is 21.3 Å². The van der Waals surface area contributed by atoms with Gasteiger partial charge >= 0.3 is 0 Å². The van der Waals surface area contributed by atoms with E-state index in [0.717, 1.165) is 30.1 Å². The normalized spacial score (nSPS) is 37.3. The Kier molecular flexibility index (Phi) is 2.62. The van der Waals surface area contributed by atoms with Crippen molar-refractivity contribution in [3.05, 3.63) is 46.7 Å². The lowest BCUT2D eigenvalue weighted by atomic mass is 9.58. The maximum absolute atomic E-state index is 6.48. The van der Waals surface area contributed by atoms with E-state index in [1.807, 2.05) is 0 Å². The Hall–Kier alpha value is -1.94. The number of nitrogens with one attached hydrogen (secondary N) is 1. The molecule has 2 bridgehead atoms. The van der Waals surface area contributed by atoms with Crippen LogP contribution in [0.2, 0.25) is 0 Å². The molecule has 5 rings (SSSR count). The molecule has 4 unspecified atom stereocenters. The van der Waals surface area contributed by atoms with Gasteiger partial charge in [-0.1, -0.05) is 12.1 Å². The zero-order valence-corrected chi connectivity index (χ0v) is 14.6. The highest BCUT2D eigenvalue weighted by Gasteiger charge is 2.66. The molecule has 0 saturated heterocycles. The fourth-order valence-corrected chi connectivity index (χ4v) is 5.68. The Bertz CT molecular complexity index is 811. The van der Waals surface area contributed by atoms with Gasteiger partial charge in [-0.15, -0.1) is 0 Å². The summed E-state index contributed by atoms with van der Waals surface area (Å²) in [4.78, 5) is 0. The number of hydrogen-bond acceptors (Lipinski definition) is 4. The summed E-state index contributed by atoms with van der Waals surface area (Å²) < 4.78 is 17.8. The lowest BCUT2D eigenvalue weighted by molar-refractivity contribution is 0.0918. The first-order chi connectivity index (χ1) is 11.6. The molecule has 1 heterocycles. The van der Waals surface area contributed by atoms with E-state index in [4.69, 9.17) is 14.2 Å². The fourth-order valence-electron chi connectivity index (χ4n) is 5.68. The van der Waals surface area contributed by atoms with E-state index >= 15 is 0 Å². The summed E-state index contributed by atoms with van der Waals surface area (Å²) in [5, 5.41) is 3.59. The van der Waals surface area contributed by atoms with Gasteiger partial charge < -0.3 is 19.5 Å². The van der Waals surface area contributed by atoms with Crippen LogP contribution in [0.15, 0.2) is 35.6 Å². The molecule has 0 amide bonds. The van der Waals surface area contributed by atoms with E-state index in [9.17, 15) is 0 Å². The third-order valence-electron chi connectivity index (χ3n) is 6.70. The Morgan fingerprint density at radius 2 is 2.00 bits per heavy atom. The summed E-state index contributed by atoms with van der Waals surface area (Å²) in [6.45, 7) is 2.32. The topological polar surface area (TPSA) is 39.7 Å². The summed E-state index contributed by atoms with van der Waals surface area (Å²) in [5.41, 5.74) is 4.03. The van der Waals surface area contributed by atoms with E-state index in [1.54, 1.807) is 14.2 Å². The quantitative estimate of drug-likeness (QED) is 0.927. The predicted molar refractivity (Wildman–Crippen MR) is 91.7 cm³/mol. The van der Waals surface area contributed by atoms with Gasteiger partial charge in [0.05, 0.1) is 19.6 Å². The van der Waals surface area contributed by atoms with Crippen molar-refractivity contribution >= 4 is 0 Å². The number of benzene rings is 1. The molecule has 1 fully saturated rings.